The number of rotatable bonds is 1. The number of hydrogen-bond acceptors (Lipinski definition) is 3. The molecular weight excluding hydrogens is 319 g/mol. The van der Waals surface area contributed by atoms with E-state index in [4.69, 9.17) is 4.74 Å². The molecule has 0 saturated heterocycles. The van der Waals surface area contributed by atoms with Crippen LogP contribution in [0.1, 0.15) is 29.1 Å². The van der Waals surface area contributed by atoms with Gasteiger partial charge in [-0.25, -0.2) is 4.39 Å². The monoisotopic (exact) mass is 328 g/mol. The molecule has 1 aromatic carbocycles. The molecule has 3 rings (SSSR count). The van der Waals surface area contributed by atoms with E-state index in [-0.39, 0.29) is 11.9 Å². The normalized spacial score (nSPS) is 22.4. The lowest BCUT2D eigenvalue weighted by atomic mass is 9.98. The molecule has 2 heterocycles. The van der Waals surface area contributed by atoms with Gasteiger partial charge in [-0.05, 0) is 40.2 Å². The molecule has 0 saturated carbocycles. The Kier molecular flexibility index (Phi) is 3.13. The van der Waals surface area contributed by atoms with Gasteiger partial charge in [-0.15, -0.1) is 11.3 Å². The van der Waals surface area contributed by atoms with Crippen LogP contribution in [0.25, 0.3) is 0 Å². The summed E-state index contributed by atoms with van der Waals surface area (Å²) in [6.07, 6.45) is -0.336. The number of hydrogen-bond donors (Lipinski definition) is 1. The molecule has 0 amide bonds. The second-order valence-electron chi connectivity index (χ2n) is 4.18. The van der Waals surface area contributed by atoms with Crippen molar-refractivity contribution in [3.63, 3.8) is 0 Å². The van der Waals surface area contributed by atoms with E-state index in [2.05, 4.69) is 15.9 Å². The fourth-order valence-electron chi connectivity index (χ4n) is 2.09. The summed E-state index contributed by atoms with van der Waals surface area (Å²) >= 11 is 4.96. The van der Waals surface area contributed by atoms with Gasteiger partial charge in [0.05, 0.1) is 9.89 Å². The first-order valence-corrected chi connectivity index (χ1v) is 7.14. The first-order valence-electron chi connectivity index (χ1n) is 5.53. The third-order valence-electron chi connectivity index (χ3n) is 2.95. The molecule has 0 fully saturated rings. The Morgan fingerprint density at radius 2 is 2.17 bits per heavy atom. The number of aliphatic hydroxyl groups is 1. The summed E-state index contributed by atoms with van der Waals surface area (Å²) in [4.78, 5) is 1.02. The Morgan fingerprint density at radius 1 is 1.33 bits per heavy atom. The van der Waals surface area contributed by atoms with Gasteiger partial charge in [-0.2, -0.15) is 0 Å². The number of fused-ring (bicyclic) bond motifs is 1. The number of benzene rings is 1. The van der Waals surface area contributed by atoms with Crippen molar-refractivity contribution in [2.45, 2.75) is 18.6 Å². The van der Waals surface area contributed by atoms with E-state index in [0.29, 0.717) is 17.7 Å². The van der Waals surface area contributed by atoms with Crippen molar-refractivity contribution in [1.82, 2.24) is 0 Å². The third kappa shape index (κ3) is 2.18. The number of ether oxygens (including phenoxy) is 1. The number of thiophene rings is 1. The minimum absolute atomic E-state index is 0.217. The molecule has 1 N–H and O–H groups in total. The topological polar surface area (TPSA) is 29.5 Å². The van der Waals surface area contributed by atoms with Crippen LogP contribution in [-0.4, -0.2) is 5.11 Å². The Hall–Kier alpha value is -0.910. The zero-order chi connectivity index (χ0) is 12.7. The number of halogens is 2. The van der Waals surface area contributed by atoms with Crippen molar-refractivity contribution >= 4 is 27.3 Å². The molecule has 0 spiro atoms. The van der Waals surface area contributed by atoms with Crippen LogP contribution in [0.5, 0.6) is 5.75 Å². The van der Waals surface area contributed by atoms with Gasteiger partial charge in [-0.1, -0.05) is 0 Å². The SMILES string of the molecule is O[C@H]1CC(c2ccc(Br)s2)Oc2cc(F)ccc21. The van der Waals surface area contributed by atoms with E-state index in [1.807, 2.05) is 12.1 Å². The van der Waals surface area contributed by atoms with E-state index < -0.39 is 6.10 Å². The highest BCUT2D eigenvalue weighted by molar-refractivity contribution is 9.11. The van der Waals surface area contributed by atoms with E-state index >= 15 is 0 Å². The lowest BCUT2D eigenvalue weighted by Gasteiger charge is -2.29. The van der Waals surface area contributed by atoms with Gasteiger partial charge < -0.3 is 9.84 Å². The van der Waals surface area contributed by atoms with Crippen molar-refractivity contribution in [2.24, 2.45) is 0 Å². The Bertz CT molecular complexity index is 584. The van der Waals surface area contributed by atoms with Gasteiger partial charge >= 0.3 is 0 Å². The van der Waals surface area contributed by atoms with E-state index in [1.165, 1.54) is 12.1 Å². The van der Waals surface area contributed by atoms with Gasteiger partial charge in [0.2, 0.25) is 0 Å². The van der Waals surface area contributed by atoms with E-state index in [0.717, 1.165) is 8.66 Å². The molecule has 1 unspecified atom stereocenters. The average Bonchev–Trinajstić information content (AvgIpc) is 2.75. The van der Waals surface area contributed by atoms with Crippen molar-refractivity contribution in [3.8, 4) is 5.75 Å². The third-order valence-corrected chi connectivity index (χ3v) is 4.67. The van der Waals surface area contributed by atoms with Crippen LogP contribution in [0.4, 0.5) is 4.39 Å². The largest absolute Gasteiger partial charge is 0.484 e. The van der Waals surface area contributed by atoms with Crippen molar-refractivity contribution in [2.75, 3.05) is 0 Å². The fourth-order valence-corrected chi connectivity index (χ4v) is 3.56. The summed E-state index contributed by atoms with van der Waals surface area (Å²) in [7, 11) is 0. The molecule has 0 aliphatic carbocycles. The van der Waals surface area contributed by atoms with Gasteiger partial charge in [0.1, 0.15) is 17.7 Å². The van der Waals surface area contributed by atoms with Crippen molar-refractivity contribution < 1.29 is 14.2 Å². The number of aliphatic hydroxyl groups excluding tert-OH is 1. The first-order chi connectivity index (χ1) is 8.63. The zero-order valence-corrected chi connectivity index (χ0v) is 11.7. The summed E-state index contributed by atoms with van der Waals surface area (Å²) in [6, 6.07) is 8.14. The van der Waals surface area contributed by atoms with E-state index in [1.54, 1.807) is 17.4 Å². The maximum atomic E-state index is 13.2. The molecule has 0 bridgehead atoms. The smallest absolute Gasteiger partial charge is 0.136 e. The molecule has 1 aliphatic rings. The van der Waals surface area contributed by atoms with Gasteiger partial charge in [0, 0.05) is 22.9 Å². The Morgan fingerprint density at radius 3 is 2.89 bits per heavy atom. The Labute approximate surface area is 116 Å². The van der Waals surface area contributed by atoms with Gasteiger partial charge in [0.15, 0.2) is 0 Å². The predicted molar refractivity (Wildman–Crippen MR) is 71.4 cm³/mol. The Balaban J connectivity index is 1.95. The predicted octanol–water partition coefficient (Wildman–Crippen LogP) is 4.21. The molecule has 94 valence electrons. The standard InChI is InChI=1S/C13H10BrFO2S/c14-13-4-3-12(18-13)11-6-9(16)8-2-1-7(15)5-10(8)17-11/h1-5,9,11,16H,6H2/t9-,11?/m0/s1. The minimum Gasteiger partial charge on any atom is -0.484 e. The van der Waals surface area contributed by atoms with Crippen LogP contribution >= 0.6 is 27.3 Å². The minimum atomic E-state index is -0.611. The maximum Gasteiger partial charge on any atom is 0.136 e. The summed E-state index contributed by atoms with van der Waals surface area (Å²) in [6.45, 7) is 0. The molecule has 2 aromatic rings. The lowest BCUT2D eigenvalue weighted by molar-refractivity contribution is 0.0671. The highest BCUT2D eigenvalue weighted by atomic mass is 79.9. The summed E-state index contributed by atoms with van der Waals surface area (Å²) in [5.74, 6) is 0.0808. The molecule has 1 aromatic heterocycles. The molecule has 2 nitrogen and oxygen atoms in total. The quantitative estimate of drug-likeness (QED) is 0.849. The summed E-state index contributed by atoms with van der Waals surface area (Å²) < 4.78 is 20.0. The van der Waals surface area contributed by atoms with Crippen LogP contribution in [0, 0.1) is 5.82 Å². The summed E-state index contributed by atoms with van der Waals surface area (Å²) in [5.41, 5.74) is 0.656. The lowest BCUT2D eigenvalue weighted by Crippen LogP contribution is -2.18. The molecular formula is C13H10BrFO2S. The maximum absolute atomic E-state index is 13.2. The van der Waals surface area contributed by atoms with Crippen molar-refractivity contribution in [1.29, 1.82) is 0 Å². The zero-order valence-electron chi connectivity index (χ0n) is 9.27. The molecule has 5 heteroatoms. The molecule has 1 aliphatic heterocycles. The first kappa shape index (κ1) is 12.1. The van der Waals surface area contributed by atoms with Gasteiger partial charge in [0.25, 0.3) is 0 Å². The van der Waals surface area contributed by atoms with Crippen molar-refractivity contribution in [3.05, 3.63) is 50.4 Å². The highest BCUT2D eigenvalue weighted by Gasteiger charge is 2.29. The van der Waals surface area contributed by atoms with Crippen LogP contribution in [0.3, 0.4) is 0 Å². The second-order valence-corrected chi connectivity index (χ2v) is 6.68. The van der Waals surface area contributed by atoms with Crippen LogP contribution in [0.15, 0.2) is 34.1 Å². The average molecular weight is 329 g/mol. The molecule has 0 radical (unpaired) electrons. The second kappa shape index (κ2) is 4.64. The van der Waals surface area contributed by atoms with Gasteiger partial charge in [-0.3, -0.25) is 0 Å². The highest BCUT2D eigenvalue weighted by Crippen LogP contribution is 2.43. The molecule has 2 atom stereocenters. The van der Waals surface area contributed by atoms with Crippen LogP contribution < -0.4 is 4.74 Å². The fraction of sp³-hybridized carbons (Fsp3) is 0.231. The summed E-state index contributed by atoms with van der Waals surface area (Å²) in [5, 5.41) is 10.1. The van der Waals surface area contributed by atoms with Crippen LogP contribution in [-0.2, 0) is 0 Å². The van der Waals surface area contributed by atoms with E-state index in [9.17, 15) is 9.50 Å². The molecule has 18 heavy (non-hydrogen) atoms. The van der Waals surface area contributed by atoms with Crippen LogP contribution in [0.2, 0.25) is 0 Å².